The molecule has 0 radical (unpaired) electrons. The summed E-state index contributed by atoms with van der Waals surface area (Å²) in [5.41, 5.74) is 2.29. The van der Waals surface area contributed by atoms with E-state index in [1.165, 1.54) is 12.1 Å². The maximum Gasteiger partial charge on any atom is 0.229 e. The van der Waals surface area contributed by atoms with Crippen molar-refractivity contribution >= 4 is 29.0 Å². The van der Waals surface area contributed by atoms with Gasteiger partial charge in [-0.05, 0) is 55.7 Å². The molecule has 1 N–H and O–H groups in total. The lowest BCUT2D eigenvalue weighted by atomic mass is 9.97. The van der Waals surface area contributed by atoms with Gasteiger partial charge in [-0.15, -0.1) is 0 Å². The predicted molar refractivity (Wildman–Crippen MR) is 117 cm³/mol. The number of piperidine rings is 1. The first-order valence-electron chi connectivity index (χ1n) is 9.90. The van der Waals surface area contributed by atoms with Crippen molar-refractivity contribution in [1.29, 1.82) is 0 Å². The van der Waals surface area contributed by atoms with Crippen molar-refractivity contribution in [2.75, 3.05) is 23.3 Å². The molecule has 1 aromatic heterocycles. The summed E-state index contributed by atoms with van der Waals surface area (Å²) >= 11 is 6.16. The van der Waals surface area contributed by atoms with Crippen LogP contribution in [0.3, 0.4) is 0 Å². The van der Waals surface area contributed by atoms with Crippen LogP contribution >= 0.6 is 11.6 Å². The first-order valence-corrected chi connectivity index (χ1v) is 10.3. The number of carbonyl (C=O) groups is 1. The van der Waals surface area contributed by atoms with Gasteiger partial charge in [-0.2, -0.15) is 0 Å². The third kappa shape index (κ3) is 4.60. The van der Waals surface area contributed by atoms with E-state index in [0.29, 0.717) is 28.6 Å². The second-order valence-electron chi connectivity index (χ2n) is 7.49. The second-order valence-corrected chi connectivity index (χ2v) is 7.89. The second kappa shape index (κ2) is 8.79. The molecule has 1 aliphatic rings. The standard InChI is InChI=1S/C23H22ClFN4O/c1-15-7-8-19(13-20(15)24)27-23(30)17-5-3-11-29(14-17)21-9-10-26-22(28-21)16-4-2-6-18(25)12-16/h2,4,6-10,12-13,17H,3,5,11,14H2,1H3,(H,27,30)/t17-/m0/s1. The fourth-order valence-electron chi connectivity index (χ4n) is 3.61. The summed E-state index contributed by atoms with van der Waals surface area (Å²) in [6, 6.07) is 13.6. The lowest BCUT2D eigenvalue weighted by Crippen LogP contribution is -2.41. The van der Waals surface area contributed by atoms with Crippen LogP contribution in [-0.4, -0.2) is 29.0 Å². The zero-order valence-electron chi connectivity index (χ0n) is 16.6. The molecule has 0 unspecified atom stereocenters. The van der Waals surface area contributed by atoms with E-state index < -0.39 is 0 Å². The molecule has 1 amide bonds. The number of benzene rings is 2. The number of halogens is 2. The summed E-state index contributed by atoms with van der Waals surface area (Å²) in [7, 11) is 0. The average molecular weight is 425 g/mol. The molecule has 1 saturated heterocycles. The molecule has 1 fully saturated rings. The zero-order chi connectivity index (χ0) is 21.1. The summed E-state index contributed by atoms with van der Waals surface area (Å²) in [4.78, 5) is 23.8. The Hall–Kier alpha value is -2.99. The lowest BCUT2D eigenvalue weighted by molar-refractivity contribution is -0.120. The van der Waals surface area contributed by atoms with E-state index in [4.69, 9.17) is 11.6 Å². The molecular formula is C23H22ClFN4O. The van der Waals surface area contributed by atoms with Gasteiger partial charge in [0.2, 0.25) is 5.91 Å². The number of aromatic nitrogens is 2. The molecule has 154 valence electrons. The maximum absolute atomic E-state index is 13.6. The molecular weight excluding hydrogens is 403 g/mol. The fourth-order valence-corrected chi connectivity index (χ4v) is 3.79. The molecule has 0 spiro atoms. The normalized spacial score (nSPS) is 16.4. The molecule has 7 heteroatoms. The van der Waals surface area contributed by atoms with Crippen molar-refractivity contribution in [3.05, 3.63) is 71.1 Å². The van der Waals surface area contributed by atoms with Crippen LogP contribution in [0.25, 0.3) is 11.4 Å². The van der Waals surface area contributed by atoms with Gasteiger partial charge < -0.3 is 10.2 Å². The quantitative estimate of drug-likeness (QED) is 0.633. The van der Waals surface area contributed by atoms with Crippen molar-refractivity contribution in [2.45, 2.75) is 19.8 Å². The van der Waals surface area contributed by atoms with Gasteiger partial charge in [-0.3, -0.25) is 4.79 Å². The van der Waals surface area contributed by atoms with E-state index in [0.717, 1.165) is 30.8 Å². The molecule has 0 bridgehead atoms. The van der Waals surface area contributed by atoms with Crippen LogP contribution in [0, 0.1) is 18.7 Å². The molecule has 2 aromatic carbocycles. The van der Waals surface area contributed by atoms with Crippen LogP contribution in [0.2, 0.25) is 5.02 Å². The molecule has 0 aliphatic carbocycles. The van der Waals surface area contributed by atoms with E-state index >= 15 is 0 Å². The molecule has 4 rings (SSSR count). The van der Waals surface area contributed by atoms with Crippen LogP contribution < -0.4 is 10.2 Å². The topological polar surface area (TPSA) is 58.1 Å². The van der Waals surface area contributed by atoms with Crippen molar-refractivity contribution in [1.82, 2.24) is 9.97 Å². The number of anilines is 2. The number of hydrogen-bond donors (Lipinski definition) is 1. The van der Waals surface area contributed by atoms with E-state index in [1.54, 1.807) is 24.4 Å². The Morgan fingerprint density at radius 3 is 2.90 bits per heavy atom. The average Bonchev–Trinajstić information content (AvgIpc) is 2.76. The number of nitrogens with zero attached hydrogens (tertiary/aromatic N) is 3. The van der Waals surface area contributed by atoms with Crippen LogP contribution in [0.15, 0.2) is 54.7 Å². The molecule has 3 aromatic rings. The summed E-state index contributed by atoms with van der Waals surface area (Å²) < 4.78 is 13.6. The molecule has 1 atom stereocenters. The van der Waals surface area contributed by atoms with Crippen LogP contribution in [-0.2, 0) is 4.79 Å². The minimum Gasteiger partial charge on any atom is -0.356 e. The molecule has 2 heterocycles. The number of rotatable bonds is 4. The van der Waals surface area contributed by atoms with Gasteiger partial charge >= 0.3 is 0 Å². The monoisotopic (exact) mass is 424 g/mol. The third-order valence-electron chi connectivity index (χ3n) is 5.28. The van der Waals surface area contributed by atoms with E-state index in [-0.39, 0.29) is 17.6 Å². The summed E-state index contributed by atoms with van der Waals surface area (Å²) in [6.45, 7) is 3.29. The SMILES string of the molecule is Cc1ccc(NC(=O)[C@H]2CCCN(c3ccnc(-c4cccc(F)c4)n3)C2)cc1Cl. The van der Waals surface area contributed by atoms with Gasteiger partial charge in [-0.1, -0.05) is 29.8 Å². The first-order chi connectivity index (χ1) is 14.5. The van der Waals surface area contributed by atoms with Gasteiger partial charge in [0.25, 0.3) is 0 Å². The first kappa shape index (κ1) is 20.3. The van der Waals surface area contributed by atoms with Gasteiger partial charge in [0.1, 0.15) is 11.6 Å². The van der Waals surface area contributed by atoms with Crippen molar-refractivity contribution in [2.24, 2.45) is 5.92 Å². The molecule has 5 nitrogen and oxygen atoms in total. The third-order valence-corrected chi connectivity index (χ3v) is 5.69. The number of nitrogens with one attached hydrogen (secondary N) is 1. The highest BCUT2D eigenvalue weighted by molar-refractivity contribution is 6.31. The maximum atomic E-state index is 13.6. The molecule has 1 aliphatic heterocycles. The van der Waals surface area contributed by atoms with Crippen molar-refractivity contribution in [3.63, 3.8) is 0 Å². The Balaban J connectivity index is 1.48. The number of hydrogen-bond acceptors (Lipinski definition) is 4. The van der Waals surface area contributed by atoms with Gasteiger partial charge in [0.05, 0.1) is 5.92 Å². The predicted octanol–water partition coefficient (Wildman–Crippen LogP) is 5.10. The molecule has 0 saturated carbocycles. The van der Waals surface area contributed by atoms with Gasteiger partial charge in [-0.25, -0.2) is 14.4 Å². The minimum atomic E-state index is -0.326. The van der Waals surface area contributed by atoms with E-state index in [1.807, 2.05) is 25.1 Å². The summed E-state index contributed by atoms with van der Waals surface area (Å²) in [5.74, 6) is 0.686. The van der Waals surface area contributed by atoms with Crippen molar-refractivity contribution < 1.29 is 9.18 Å². The van der Waals surface area contributed by atoms with E-state index in [2.05, 4.69) is 20.2 Å². The number of carbonyl (C=O) groups excluding carboxylic acids is 1. The number of amides is 1. The van der Waals surface area contributed by atoms with Crippen LogP contribution in [0.5, 0.6) is 0 Å². The van der Waals surface area contributed by atoms with Gasteiger partial charge in [0, 0.05) is 35.6 Å². The summed E-state index contributed by atoms with van der Waals surface area (Å²) in [5, 5.41) is 3.60. The highest BCUT2D eigenvalue weighted by atomic mass is 35.5. The Labute approximate surface area is 179 Å². The fraction of sp³-hybridized carbons (Fsp3) is 0.261. The highest BCUT2D eigenvalue weighted by Gasteiger charge is 2.27. The summed E-state index contributed by atoms with van der Waals surface area (Å²) in [6.07, 6.45) is 3.36. The Morgan fingerprint density at radius 2 is 2.10 bits per heavy atom. The van der Waals surface area contributed by atoms with E-state index in [9.17, 15) is 9.18 Å². The van der Waals surface area contributed by atoms with Gasteiger partial charge in [0.15, 0.2) is 5.82 Å². The molecule has 30 heavy (non-hydrogen) atoms. The zero-order valence-corrected chi connectivity index (χ0v) is 17.4. The largest absolute Gasteiger partial charge is 0.356 e. The Bertz CT molecular complexity index is 1070. The smallest absolute Gasteiger partial charge is 0.229 e. The lowest BCUT2D eigenvalue weighted by Gasteiger charge is -2.33. The Kier molecular flexibility index (Phi) is 5.95. The number of aryl methyl sites for hydroxylation is 1. The van der Waals surface area contributed by atoms with Crippen LogP contribution in [0.1, 0.15) is 18.4 Å². The van der Waals surface area contributed by atoms with Crippen LogP contribution in [0.4, 0.5) is 15.9 Å². The van der Waals surface area contributed by atoms with Crippen molar-refractivity contribution in [3.8, 4) is 11.4 Å². The highest BCUT2D eigenvalue weighted by Crippen LogP contribution is 2.26. The Morgan fingerprint density at radius 1 is 1.23 bits per heavy atom. The minimum absolute atomic E-state index is 0.0287.